The lowest BCUT2D eigenvalue weighted by atomic mass is 10.2. The molecule has 1 saturated heterocycles. The predicted octanol–water partition coefficient (Wildman–Crippen LogP) is 1.26. The van der Waals surface area contributed by atoms with Crippen LogP contribution in [0.2, 0.25) is 0 Å². The highest BCUT2D eigenvalue weighted by atomic mass is 15.3. The lowest BCUT2D eigenvalue weighted by Gasteiger charge is -2.27. The third-order valence-electron chi connectivity index (χ3n) is 4.07. The number of anilines is 1. The fraction of sp³-hybridized carbons (Fsp3) is 0.733. The lowest BCUT2D eigenvalue weighted by molar-refractivity contribution is 0.371. The quantitative estimate of drug-likeness (QED) is 0.847. The third-order valence-corrected chi connectivity index (χ3v) is 4.07. The first-order valence-corrected chi connectivity index (χ1v) is 7.68. The molecule has 1 aliphatic carbocycles. The van der Waals surface area contributed by atoms with E-state index in [-0.39, 0.29) is 0 Å². The number of aromatic nitrogens is 2. The maximum absolute atomic E-state index is 4.57. The molecular formula is C15H25N5. The van der Waals surface area contributed by atoms with Crippen molar-refractivity contribution < 1.29 is 0 Å². The van der Waals surface area contributed by atoms with Crippen molar-refractivity contribution in [1.29, 1.82) is 0 Å². The highest BCUT2D eigenvalue weighted by Crippen LogP contribution is 2.23. The molecule has 20 heavy (non-hydrogen) atoms. The van der Waals surface area contributed by atoms with Crippen LogP contribution in [0.5, 0.6) is 0 Å². The summed E-state index contributed by atoms with van der Waals surface area (Å²) in [6.07, 6.45) is 9.07. The van der Waals surface area contributed by atoms with Crippen LogP contribution in [-0.4, -0.2) is 54.1 Å². The van der Waals surface area contributed by atoms with Crippen LogP contribution in [0.25, 0.3) is 0 Å². The number of nitrogens with zero attached hydrogens (tertiary/aromatic N) is 4. The first kappa shape index (κ1) is 13.8. The molecule has 3 rings (SSSR count). The molecule has 0 amide bonds. The Morgan fingerprint density at radius 1 is 1.25 bits per heavy atom. The highest BCUT2D eigenvalue weighted by molar-refractivity contribution is 5.33. The molecule has 1 unspecified atom stereocenters. The molecule has 1 aromatic rings. The molecule has 1 saturated carbocycles. The average molecular weight is 275 g/mol. The fourth-order valence-electron chi connectivity index (χ4n) is 2.85. The molecule has 0 radical (unpaired) electrons. The second-order valence-corrected chi connectivity index (χ2v) is 6.30. The molecule has 5 nitrogen and oxygen atoms in total. The van der Waals surface area contributed by atoms with Crippen LogP contribution in [0.15, 0.2) is 12.4 Å². The normalized spacial score (nSPS) is 22.8. The number of rotatable bonds is 6. The van der Waals surface area contributed by atoms with Crippen molar-refractivity contribution in [3.05, 3.63) is 18.0 Å². The van der Waals surface area contributed by atoms with E-state index >= 15 is 0 Å². The first-order chi connectivity index (χ1) is 9.72. The SMILES string of the molecule is CN(C)CC1CCCN1c1ncc(CNC2CC2)cn1. The van der Waals surface area contributed by atoms with Gasteiger partial charge < -0.3 is 15.1 Å². The van der Waals surface area contributed by atoms with Crippen molar-refractivity contribution in [2.24, 2.45) is 0 Å². The first-order valence-electron chi connectivity index (χ1n) is 7.68. The Bertz CT molecular complexity index is 426. The van der Waals surface area contributed by atoms with E-state index in [0.717, 1.165) is 31.6 Å². The molecule has 2 heterocycles. The van der Waals surface area contributed by atoms with Crippen LogP contribution in [0, 0.1) is 0 Å². The summed E-state index contributed by atoms with van der Waals surface area (Å²) in [6, 6.07) is 1.29. The third kappa shape index (κ3) is 3.46. The van der Waals surface area contributed by atoms with E-state index in [1.54, 1.807) is 0 Å². The summed E-state index contributed by atoms with van der Waals surface area (Å²) < 4.78 is 0. The topological polar surface area (TPSA) is 44.3 Å². The minimum Gasteiger partial charge on any atom is -0.337 e. The van der Waals surface area contributed by atoms with Gasteiger partial charge in [-0.3, -0.25) is 0 Å². The van der Waals surface area contributed by atoms with Crippen molar-refractivity contribution >= 4 is 5.95 Å². The van der Waals surface area contributed by atoms with Crippen LogP contribution < -0.4 is 10.2 Å². The Morgan fingerprint density at radius 3 is 2.65 bits per heavy atom. The van der Waals surface area contributed by atoms with Gasteiger partial charge in [-0.15, -0.1) is 0 Å². The smallest absolute Gasteiger partial charge is 0.225 e. The second kappa shape index (κ2) is 6.06. The number of nitrogens with one attached hydrogen (secondary N) is 1. The number of hydrogen-bond donors (Lipinski definition) is 1. The van der Waals surface area contributed by atoms with E-state index in [4.69, 9.17) is 0 Å². The maximum atomic E-state index is 4.57. The molecule has 1 aliphatic heterocycles. The van der Waals surface area contributed by atoms with Gasteiger partial charge in [0.05, 0.1) is 0 Å². The Kier molecular flexibility index (Phi) is 4.17. The van der Waals surface area contributed by atoms with Gasteiger partial charge in [0, 0.05) is 49.7 Å². The van der Waals surface area contributed by atoms with Gasteiger partial charge in [0.25, 0.3) is 0 Å². The molecule has 0 spiro atoms. The molecule has 0 bridgehead atoms. The summed E-state index contributed by atoms with van der Waals surface area (Å²) in [4.78, 5) is 13.8. The monoisotopic (exact) mass is 275 g/mol. The van der Waals surface area contributed by atoms with E-state index in [1.165, 1.54) is 31.2 Å². The van der Waals surface area contributed by atoms with E-state index in [9.17, 15) is 0 Å². The lowest BCUT2D eigenvalue weighted by Crippen LogP contribution is -2.38. The highest BCUT2D eigenvalue weighted by Gasteiger charge is 2.27. The molecule has 110 valence electrons. The summed E-state index contributed by atoms with van der Waals surface area (Å²) in [5, 5.41) is 3.50. The minimum atomic E-state index is 0.556. The van der Waals surface area contributed by atoms with Crippen LogP contribution in [0.4, 0.5) is 5.95 Å². The molecule has 5 heteroatoms. The van der Waals surface area contributed by atoms with E-state index < -0.39 is 0 Å². The average Bonchev–Trinajstić information content (AvgIpc) is 3.16. The number of hydrogen-bond acceptors (Lipinski definition) is 5. The largest absolute Gasteiger partial charge is 0.337 e. The summed E-state index contributed by atoms with van der Waals surface area (Å²) >= 11 is 0. The Morgan fingerprint density at radius 2 is 2.00 bits per heavy atom. The standard InChI is InChI=1S/C15H25N5/c1-19(2)11-14-4-3-7-20(14)15-17-9-12(10-18-15)8-16-13-5-6-13/h9-10,13-14,16H,3-8,11H2,1-2H3. The molecule has 1 aromatic heterocycles. The van der Waals surface area contributed by atoms with Gasteiger partial charge in [0.1, 0.15) is 0 Å². The van der Waals surface area contributed by atoms with Crippen molar-refractivity contribution in [3.8, 4) is 0 Å². The zero-order chi connectivity index (χ0) is 13.9. The van der Waals surface area contributed by atoms with Crippen LogP contribution in [0.3, 0.4) is 0 Å². The van der Waals surface area contributed by atoms with Crippen LogP contribution in [-0.2, 0) is 6.54 Å². The second-order valence-electron chi connectivity index (χ2n) is 6.30. The minimum absolute atomic E-state index is 0.556. The van der Waals surface area contributed by atoms with Crippen LogP contribution >= 0.6 is 0 Å². The van der Waals surface area contributed by atoms with Crippen molar-refractivity contribution in [1.82, 2.24) is 20.2 Å². The molecule has 1 N–H and O–H groups in total. The van der Waals surface area contributed by atoms with Gasteiger partial charge in [-0.1, -0.05) is 0 Å². The van der Waals surface area contributed by atoms with Crippen LogP contribution in [0.1, 0.15) is 31.2 Å². The number of likely N-dealkylation sites (N-methyl/N-ethyl adjacent to an activating group) is 1. The van der Waals surface area contributed by atoms with Crippen molar-refractivity contribution in [2.75, 3.05) is 32.1 Å². The molecule has 2 fully saturated rings. The maximum Gasteiger partial charge on any atom is 0.225 e. The molecular weight excluding hydrogens is 250 g/mol. The molecule has 1 atom stereocenters. The van der Waals surface area contributed by atoms with E-state index in [2.05, 4.69) is 39.2 Å². The summed E-state index contributed by atoms with van der Waals surface area (Å²) in [7, 11) is 4.26. The van der Waals surface area contributed by atoms with Gasteiger partial charge in [0.15, 0.2) is 0 Å². The Labute approximate surface area is 121 Å². The van der Waals surface area contributed by atoms with Gasteiger partial charge in [-0.05, 0) is 39.8 Å². The predicted molar refractivity (Wildman–Crippen MR) is 80.8 cm³/mol. The Hall–Kier alpha value is -1.20. The zero-order valence-corrected chi connectivity index (χ0v) is 12.5. The van der Waals surface area contributed by atoms with E-state index in [0.29, 0.717) is 6.04 Å². The van der Waals surface area contributed by atoms with Gasteiger partial charge >= 0.3 is 0 Å². The zero-order valence-electron chi connectivity index (χ0n) is 12.5. The van der Waals surface area contributed by atoms with Crippen molar-refractivity contribution in [2.45, 2.75) is 44.3 Å². The van der Waals surface area contributed by atoms with Gasteiger partial charge in [-0.25, -0.2) is 9.97 Å². The van der Waals surface area contributed by atoms with Gasteiger partial charge in [-0.2, -0.15) is 0 Å². The molecule has 2 aliphatic rings. The van der Waals surface area contributed by atoms with Gasteiger partial charge in [0.2, 0.25) is 5.95 Å². The van der Waals surface area contributed by atoms with E-state index in [1.807, 2.05) is 12.4 Å². The fourth-order valence-corrected chi connectivity index (χ4v) is 2.85. The Balaban J connectivity index is 1.60. The summed E-state index contributed by atoms with van der Waals surface area (Å²) in [5.74, 6) is 0.893. The summed E-state index contributed by atoms with van der Waals surface area (Å²) in [6.45, 7) is 3.05. The molecule has 0 aromatic carbocycles. The van der Waals surface area contributed by atoms with Crippen molar-refractivity contribution in [3.63, 3.8) is 0 Å². The summed E-state index contributed by atoms with van der Waals surface area (Å²) in [5.41, 5.74) is 1.18.